The van der Waals surface area contributed by atoms with E-state index in [9.17, 15) is 4.79 Å². The van der Waals surface area contributed by atoms with Crippen molar-refractivity contribution in [3.05, 3.63) is 0 Å². The number of nitrogens with two attached hydrogens (primary N) is 1. The summed E-state index contributed by atoms with van der Waals surface area (Å²) in [6.45, 7) is 14.1. The van der Waals surface area contributed by atoms with Crippen LogP contribution in [0, 0.1) is 0 Å². The molecule has 1 saturated heterocycles. The molecule has 1 rings (SSSR count). The van der Waals surface area contributed by atoms with Gasteiger partial charge in [0.1, 0.15) is 0 Å². The lowest BCUT2D eigenvalue weighted by Crippen LogP contribution is -2.53. The van der Waals surface area contributed by atoms with Crippen LogP contribution in [0.2, 0.25) is 0 Å². The van der Waals surface area contributed by atoms with Crippen molar-refractivity contribution in [1.29, 1.82) is 0 Å². The number of hydrogen-bond acceptors (Lipinski definition) is 4. The van der Waals surface area contributed by atoms with Crippen LogP contribution in [0.4, 0.5) is 0 Å². The van der Waals surface area contributed by atoms with E-state index in [0.29, 0.717) is 0 Å². The zero-order chi connectivity index (χ0) is 15.7. The van der Waals surface area contributed by atoms with Crippen molar-refractivity contribution in [2.45, 2.75) is 52.0 Å². The summed E-state index contributed by atoms with van der Waals surface area (Å²) in [6.07, 6.45) is 4.26. The smallest absolute Gasteiger partial charge is 0.237 e. The topological polar surface area (TPSA) is 61.6 Å². The lowest BCUT2D eigenvalue weighted by Gasteiger charge is -2.34. The van der Waals surface area contributed by atoms with Crippen LogP contribution in [-0.2, 0) is 4.79 Å². The first kappa shape index (κ1) is 18.4. The summed E-state index contributed by atoms with van der Waals surface area (Å²) < 4.78 is 0. The second-order valence-corrected chi connectivity index (χ2v) is 6.37. The average molecular weight is 298 g/mol. The molecule has 0 bridgehead atoms. The molecule has 1 aliphatic rings. The number of rotatable bonds is 10. The van der Waals surface area contributed by atoms with E-state index >= 15 is 0 Å². The monoisotopic (exact) mass is 298 g/mol. The molecule has 1 unspecified atom stereocenters. The van der Waals surface area contributed by atoms with Gasteiger partial charge in [-0.3, -0.25) is 4.79 Å². The van der Waals surface area contributed by atoms with Crippen LogP contribution in [0.25, 0.3) is 0 Å². The SMILES string of the molecule is CCCN1CCN(CCCCC(C)(NCC)C(N)=O)CC1. The summed E-state index contributed by atoms with van der Waals surface area (Å²) in [6, 6.07) is 0. The van der Waals surface area contributed by atoms with E-state index in [1.54, 1.807) is 0 Å². The van der Waals surface area contributed by atoms with Gasteiger partial charge in [0.15, 0.2) is 0 Å². The van der Waals surface area contributed by atoms with Crippen LogP contribution in [-0.4, -0.2) is 67.1 Å². The predicted molar refractivity (Wildman–Crippen MR) is 88.3 cm³/mol. The minimum atomic E-state index is -0.547. The number of primary amides is 1. The van der Waals surface area contributed by atoms with E-state index in [-0.39, 0.29) is 5.91 Å². The highest BCUT2D eigenvalue weighted by Crippen LogP contribution is 2.14. The molecule has 1 aliphatic heterocycles. The van der Waals surface area contributed by atoms with E-state index in [1.165, 1.54) is 39.1 Å². The Labute approximate surface area is 130 Å². The number of nitrogens with one attached hydrogen (secondary N) is 1. The Bertz CT molecular complexity index is 303. The molecule has 0 spiro atoms. The number of nitrogens with zero attached hydrogens (tertiary/aromatic N) is 2. The van der Waals surface area contributed by atoms with Crippen LogP contribution in [0.15, 0.2) is 0 Å². The van der Waals surface area contributed by atoms with Crippen LogP contribution in [0.5, 0.6) is 0 Å². The molecule has 1 heterocycles. The van der Waals surface area contributed by atoms with Gasteiger partial charge in [-0.25, -0.2) is 0 Å². The first-order valence-electron chi connectivity index (χ1n) is 8.51. The van der Waals surface area contributed by atoms with E-state index in [0.717, 1.165) is 32.4 Å². The second kappa shape index (κ2) is 9.38. The van der Waals surface area contributed by atoms with Crippen molar-refractivity contribution in [3.63, 3.8) is 0 Å². The molecule has 3 N–H and O–H groups in total. The van der Waals surface area contributed by atoms with Gasteiger partial charge in [0, 0.05) is 26.2 Å². The molecular formula is C16H34N4O. The number of carbonyl (C=O) groups is 1. The van der Waals surface area contributed by atoms with Gasteiger partial charge in [-0.05, 0) is 52.2 Å². The number of likely N-dealkylation sites (N-methyl/N-ethyl adjacent to an activating group) is 1. The maximum absolute atomic E-state index is 11.5. The molecule has 0 aromatic rings. The van der Waals surface area contributed by atoms with E-state index in [1.807, 2.05) is 13.8 Å². The van der Waals surface area contributed by atoms with Gasteiger partial charge in [-0.2, -0.15) is 0 Å². The molecule has 21 heavy (non-hydrogen) atoms. The number of carbonyl (C=O) groups excluding carboxylic acids is 1. The third-order valence-corrected chi connectivity index (χ3v) is 4.52. The lowest BCUT2D eigenvalue weighted by molar-refractivity contribution is -0.124. The zero-order valence-electron chi connectivity index (χ0n) is 14.2. The van der Waals surface area contributed by atoms with E-state index in [4.69, 9.17) is 5.73 Å². The number of unbranched alkanes of at least 4 members (excludes halogenated alkanes) is 1. The van der Waals surface area contributed by atoms with Gasteiger partial charge in [0.05, 0.1) is 5.54 Å². The summed E-state index contributed by atoms with van der Waals surface area (Å²) in [4.78, 5) is 16.6. The summed E-state index contributed by atoms with van der Waals surface area (Å²) >= 11 is 0. The normalized spacial score (nSPS) is 20.3. The summed E-state index contributed by atoms with van der Waals surface area (Å²) in [7, 11) is 0. The van der Waals surface area contributed by atoms with Gasteiger partial charge in [0.2, 0.25) is 5.91 Å². The zero-order valence-corrected chi connectivity index (χ0v) is 14.2. The van der Waals surface area contributed by atoms with Crippen LogP contribution in [0.3, 0.4) is 0 Å². The molecular weight excluding hydrogens is 264 g/mol. The molecule has 1 atom stereocenters. The molecule has 5 nitrogen and oxygen atoms in total. The maximum atomic E-state index is 11.5. The van der Waals surface area contributed by atoms with Gasteiger partial charge in [-0.1, -0.05) is 13.8 Å². The quantitative estimate of drug-likeness (QED) is 0.592. The molecule has 0 saturated carbocycles. The Balaban J connectivity index is 2.18. The van der Waals surface area contributed by atoms with Crippen molar-refractivity contribution in [1.82, 2.24) is 15.1 Å². The highest BCUT2D eigenvalue weighted by molar-refractivity contribution is 5.84. The molecule has 5 heteroatoms. The molecule has 0 aliphatic carbocycles. The number of amides is 1. The van der Waals surface area contributed by atoms with Crippen LogP contribution in [0.1, 0.15) is 46.5 Å². The van der Waals surface area contributed by atoms with Crippen LogP contribution < -0.4 is 11.1 Å². The predicted octanol–water partition coefficient (Wildman–Crippen LogP) is 1.04. The fraction of sp³-hybridized carbons (Fsp3) is 0.938. The minimum Gasteiger partial charge on any atom is -0.368 e. The Hall–Kier alpha value is -0.650. The molecule has 0 radical (unpaired) electrons. The minimum absolute atomic E-state index is 0.238. The number of hydrogen-bond donors (Lipinski definition) is 2. The molecule has 0 aromatic carbocycles. The fourth-order valence-electron chi connectivity index (χ4n) is 3.06. The first-order valence-corrected chi connectivity index (χ1v) is 8.51. The summed E-state index contributed by atoms with van der Waals surface area (Å²) in [5.74, 6) is -0.238. The molecule has 1 fully saturated rings. The van der Waals surface area contributed by atoms with Crippen molar-refractivity contribution in [2.24, 2.45) is 5.73 Å². The highest BCUT2D eigenvalue weighted by atomic mass is 16.1. The van der Waals surface area contributed by atoms with Crippen molar-refractivity contribution in [3.8, 4) is 0 Å². The standard InChI is InChI=1S/C16H34N4O/c1-4-9-19-11-13-20(14-12-19)10-7-6-8-16(3,15(17)21)18-5-2/h18H,4-14H2,1-3H3,(H2,17,21). The third kappa shape index (κ3) is 6.32. The van der Waals surface area contributed by atoms with Gasteiger partial charge < -0.3 is 20.9 Å². The lowest BCUT2D eigenvalue weighted by atomic mass is 9.94. The summed E-state index contributed by atoms with van der Waals surface area (Å²) in [5, 5.41) is 3.22. The Morgan fingerprint density at radius 2 is 1.67 bits per heavy atom. The molecule has 1 amide bonds. The Kier molecular flexibility index (Phi) is 8.22. The van der Waals surface area contributed by atoms with Crippen molar-refractivity contribution in [2.75, 3.05) is 45.8 Å². The van der Waals surface area contributed by atoms with E-state index in [2.05, 4.69) is 22.0 Å². The third-order valence-electron chi connectivity index (χ3n) is 4.52. The fourth-order valence-corrected chi connectivity index (χ4v) is 3.06. The number of piperazine rings is 1. The average Bonchev–Trinajstić information content (AvgIpc) is 2.46. The van der Waals surface area contributed by atoms with Crippen molar-refractivity contribution >= 4 is 5.91 Å². The van der Waals surface area contributed by atoms with E-state index < -0.39 is 5.54 Å². The molecule has 0 aromatic heterocycles. The highest BCUT2D eigenvalue weighted by Gasteiger charge is 2.29. The second-order valence-electron chi connectivity index (χ2n) is 6.37. The van der Waals surface area contributed by atoms with Gasteiger partial charge in [0.25, 0.3) is 0 Å². The van der Waals surface area contributed by atoms with Crippen LogP contribution >= 0.6 is 0 Å². The molecule has 124 valence electrons. The van der Waals surface area contributed by atoms with Crippen molar-refractivity contribution < 1.29 is 4.79 Å². The summed E-state index contributed by atoms with van der Waals surface area (Å²) in [5.41, 5.74) is 4.96. The maximum Gasteiger partial charge on any atom is 0.237 e. The Morgan fingerprint density at radius 3 is 2.14 bits per heavy atom. The largest absolute Gasteiger partial charge is 0.368 e. The Morgan fingerprint density at radius 1 is 1.10 bits per heavy atom. The van der Waals surface area contributed by atoms with Gasteiger partial charge >= 0.3 is 0 Å². The van der Waals surface area contributed by atoms with Gasteiger partial charge in [-0.15, -0.1) is 0 Å². The first-order chi connectivity index (χ1) is 10.0.